The van der Waals surface area contributed by atoms with E-state index in [0.29, 0.717) is 11.3 Å². The Kier molecular flexibility index (Phi) is 5.76. The van der Waals surface area contributed by atoms with E-state index in [1.807, 2.05) is 6.07 Å². The zero-order valence-corrected chi connectivity index (χ0v) is 16.7. The standard InChI is InChI=1S/C21H28N4O2/c1-14(26)15-7-6-8-18(9-15)24-19(27)16(12-22)13-25-20(2,3)10-17(23)11-21(25,4)5/h6-9,13,17H,10-11,23H2,1-5H3,(H,24,27)/b16-13-. The summed E-state index contributed by atoms with van der Waals surface area (Å²) in [5.74, 6) is -0.588. The molecule has 0 radical (unpaired) electrons. The van der Waals surface area contributed by atoms with Gasteiger partial charge < -0.3 is 16.0 Å². The van der Waals surface area contributed by atoms with Crippen LogP contribution in [0.3, 0.4) is 0 Å². The van der Waals surface area contributed by atoms with Gasteiger partial charge in [0.25, 0.3) is 5.91 Å². The lowest BCUT2D eigenvalue weighted by molar-refractivity contribution is -0.112. The van der Waals surface area contributed by atoms with Gasteiger partial charge in [-0.25, -0.2) is 0 Å². The molecule has 3 N–H and O–H groups in total. The van der Waals surface area contributed by atoms with Crippen molar-refractivity contribution in [2.45, 2.75) is 64.6 Å². The highest BCUT2D eigenvalue weighted by atomic mass is 16.1. The molecule has 0 bridgehead atoms. The predicted octanol–water partition coefficient (Wildman–Crippen LogP) is 3.22. The third-order valence-electron chi connectivity index (χ3n) is 4.98. The molecular weight excluding hydrogens is 340 g/mol. The van der Waals surface area contributed by atoms with Gasteiger partial charge in [0.05, 0.1) is 0 Å². The number of anilines is 1. The molecule has 27 heavy (non-hydrogen) atoms. The minimum absolute atomic E-state index is 0.0137. The van der Waals surface area contributed by atoms with Crippen molar-refractivity contribution in [3.8, 4) is 6.07 Å². The predicted molar refractivity (Wildman–Crippen MR) is 106 cm³/mol. The molecular formula is C21H28N4O2. The van der Waals surface area contributed by atoms with Crippen LogP contribution in [0.15, 0.2) is 36.0 Å². The maximum absolute atomic E-state index is 12.6. The molecule has 2 rings (SSSR count). The molecule has 6 heteroatoms. The molecule has 0 aliphatic carbocycles. The van der Waals surface area contributed by atoms with Gasteiger partial charge in [0, 0.05) is 34.6 Å². The van der Waals surface area contributed by atoms with Crippen molar-refractivity contribution >= 4 is 17.4 Å². The molecule has 6 nitrogen and oxygen atoms in total. The van der Waals surface area contributed by atoms with E-state index in [1.165, 1.54) is 6.92 Å². The number of nitrogens with zero attached hydrogens (tertiary/aromatic N) is 2. The second-order valence-corrected chi connectivity index (χ2v) is 8.41. The van der Waals surface area contributed by atoms with Crippen LogP contribution in [-0.2, 0) is 4.79 Å². The van der Waals surface area contributed by atoms with Crippen LogP contribution in [-0.4, -0.2) is 33.7 Å². The summed E-state index contributed by atoms with van der Waals surface area (Å²) in [6.07, 6.45) is 3.18. The van der Waals surface area contributed by atoms with E-state index in [4.69, 9.17) is 5.73 Å². The fourth-order valence-electron chi connectivity index (χ4n) is 4.00. The molecule has 1 amide bonds. The molecule has 144 valence electrons. The second kappa shape index (κ2) is 7.53. The minimum Gasteiger partial charge on any atom is -0.366 e. The zero-order chi connectivity index (χ0) is 20.4. The first-order valence-electron chi connectivity index (χ1n) is 9.05. The summed E-state index contributed by atoms with van der Waals surface area (Å²) in [6, 6.07) is 8.74. The van der Waals surface area contributed by atoms with Gasteiger partial charge in [-0.15, -0.1) is 0 Å². The number of carbonyl (C=O) groups excluding carboxylic acids is 2. The van der Waals surface area contributed by atoms with Crippen molar-refractivity contribution in [2.24, 2.45) is 5.73 Å². The number of hydrogen-bond donors (Lipinski definition) is 2. The molecule has 1 aromatic rings. The van der Waals surface area contributed by atoms with Gasteiger partial charge in [-0.3, -0.25) is 9.59 Å². The van der Waals surface area contributed by atoms with Crippen molar-refractivity contribution in [3.63, 3.8) is 0 Å². The Hall–Kier alpha value is -2.65. The molecule has 1 aliphatic rings. The number of likely N-dealkylation sites (tertiary alicyclic amines) is 1. The SMILES string of the molecule is CC(=O)c1cccc(NC(=O)/C(C#N)=C\N2C(C)(C)CC(N)CC2(C)C)c1. The second-order valence-electron chi connectivity index (χ2n) is 8.41. The highest BCUT2D eigenvalue weighted by Gasteiger charge is 2.43. The fourth-order valence-corrected chi connectivity index (χ4v) is 4.00. The number of nitriles is 1. The highest BCUT2D eigenvalue weighted by molar-refractivity contribution is 6.07. The van der Waals surface area contributed by atoms with E-state index in [0.717, 1.165) is 12.8 Å². The monoisotopic (exact) mass is 368 g/mol. The molecule has 1 aliphatic heterocycles. The molecule has 1 aromatic carbocycles. The summed E-state index contributed by atoms with van der Waals surface area (Å²) < 4.78 is 0. The molecule has 0 unspecified atom stereocenters. The minimum atomic E-state index is -0.500. The summed E-state index contributed by atoms with van der Waals surface area (Å²) in [4.78, 5) is 26.2. The smallest absolute Gasteiger partial charge is 0.267 e. The summed E-state index contributed by atoms with van der Waals surface area (Å²) >= 11 is 0. The van der Waals surface area contributed by atoms with Crippen molar-refractivity contribution in [2.75, 3.05) is 5.32 Å². The summed E-state index contributed by atoms with van der Waals surface area (Å²) in [5.41, 5.74) is 6.63. The number of Topliss-reactive ketones (excluding diaryl/α,β-unsaturated/α-hetero) is 1. The molecule has 0 aromatic heterocycles. The highest BCUT2D eigenvalue weighted by Crippen LogP contribution is 2.38. The first-order valence-corrected chi connectivity index (χ1v) is 9.05. The number of hydrogen-bond acceptors (Lipinski definition) is 5. The fraction of sp³-hybridized carbons (Fsp3) is 0.476. The Bertz CT molecular complexity index is 800. The Morgan fingerprint density at radius 3 is 2.37 bits per heavy atom. The lowest BCUT2D eigenvalue weighted by atomic mass is 9.77. The molecule has 0 spiro atoms. The van der Waals surface area contributed by atoms with Gasteiger partial charge >= 0.3 is 0 Å². The van der Waals surface area contributed by atoms with E-state index in [1.54, 1.807) is 30.5 Å². The van der Waals surface area contributed by atoms with Crippen LogP contribution in [0.5, 0.6) is 0 Å². The number of nitrogens with two attached hydrogens (primary N) is 1. The van der Waals surface area contributed by atoms with Crippen LogP contribution in [0.1, 0.15) is 57.8 Å². The van der Waals surface area contributed by atoms with Crippen LogP contribution >= 0.6 is 0 Å². The Morgan fingerprint density at radius 2 is 1.85 bits per heavy atom. The number of ketones is 1. The molecule has 0 atom stereocenters. The summed E-state index contributed by atoms with van der Waals surface area (Å²) in [7, 11) is 0. The van der Waals surface area contributed by atoms with Crippen LogP contribution in [0.4, 0.5) is 5.69 Å². The topological polar surface area (TPSA) is 99.2 Å². The van der Waals surface area contributed by atoms with E-state index >= 15 is 0 Å². The van der Waals surface area contributed by atoms with Crippen LogP contribution < -0.4 is 11.1 Å². The largest absolute Gasteiger partial charge is 0.366 e. The average Bonchev–Trinajstić information content (AvgIpc) is 2.52. The van der Waals surface area contributed by atoms with Gasteiger partial charge in [-0.1, -0.05) is 12.1 Å². The van der Waals surface area contributed by atoms with Crippen molar-refractivity contribution < 1.29 is 9.59 Å². The van der Waals surface area contributed by atoms with Gasteiger partial charge in [-0.05, 0) is 59.6 Å². The van der Waals surface area contributed by atoms with Gasteiger partial charge in [0.15, 0.2) is 5.78 Å². The van der Waals surface area contributed by atoms with Crippen LogP contribution in [0, 0.1) is 11.3 Å². The lowest BCUT2D eigenvalue weighted by Crippen LogP contribution is -2.61. The third kappa shape index (κ3) is 4.75. The Labute approximate surface area is 161 Å². The van der Waals surface area contributed by atoms with E-state index in [-0.39, 0.29) is 28.5 Å². The van der Waals surface area contributed by atoms with E-state index in [9.17, 15) is 14.9 Å². The number of piperidine rings is 1. The number of benzene rings is 1. The maximum atomic E-state index is 12.6. The van der Waals surface area contributed by atoms with Gasteiger partial charge in [0.2, 0.25) is 0 Å². The Morgan fingerprint density at radius 1 is 1.26 bits per heavy atom. The zero-order valence-electron chi connectivity index (χ0n) is 16.7. The molecule has 1 heterocycles. The molecule has 1 fully saturated rings. The quantitative estimate of drug-likeness (QED) is 0.483. The van der Waals surface area contributed by atoms with Crippen LogP contribution in [0.2, 0.25) is 0 Å². The first kappa shape index (κ1) is 20.7. The number of nitrogens with one attached hydrogen (secondary N) is 1. The first-order chi connectivity index (χ1) is 12.5. The van der Waals surface area contributed by atoms with Gasteiger partial charge in [-0.2, -0.15) is 5.26 Å². The molecule has 0 saturated carbocycles. The van der Waals surface area contributed by atoms with Crippen molar-refractivity contribution in [1.82, 2.24) is 4.90 Å². The number of carbonyl (C=O) groups is 2. The summed E-state index contributed by atoms with van der Waals surface area (Å²) in [5, 5.41) is 12.3. The van der Waals surface area contributed by atoms with E-state index < -0.39 is 5.91 Å². The Balaban J connectivity index is 2.29. The number of rotatable bonds is 4. The summed E-state index contributed by atoms with van der Waals surface area (Å²) in [6.45, 7) is 9.72. The maximum Gasteiger partial charge on any atom is 0.267 e. The lowest BCUT2D eigenvalue weighted by Gasteiger charge is -2.54. The van der Waals surface area contributed by atoms with Gasteiger partial charge in [0.1, 0.15) is 11.6 Å². The van der Waals surface area contributed by atoms with E-state index in [2.05, 4.69) is 37.9 Å². The van der Waals surface area contributed by atoms with Crippen molar-refractivity contribution in [1.29, 1.82) is 5.26 Å². The molecule has 1 saturated heterocycles. The normalized spacial score (nSPS) is 19.3. The number of amides is 1. The van der Waals surface area contributed by atoms with Crippen molar-refractivity contribution in [3.05, 3.63) is 41.6 Å². The average molecular weight is 368 g/mol. The van der Waals surface area contributed by atoms with Crippen LogP contribution in [0.25, 0.3) is 0 Å². The third-order valence-corrected chi connectivity index (χ3v) is 4.98.